The number of aryl methyl sites for hydroxylation is 3. The van der Waals surface area contributed by atoms with Gasteiger partial charge in [0.05, 0.1) is 0 Å². The highest BCUT2D eigenvalue weighted by molar-refractivity contribution is 5.23. The Morgan fingerprint density at radius 3 is 2.58 bits per heavy atom. The second kappa shape index (κ2) is 4.31. The molecule has 0 saturated carbocycles. The van der Waals surface area contributed by atoms with E-state index < -0.39 is 0 Å². The number of unbranched alkanes of at least 4 members (excludes halogenated alkanes) is 1. The number of nitrogens with one attached hydrogen (secondary N) is 1. The lowest BCUT2D eigenvalue weighted by atomic mass is 10.1. The molecule has 0 aliphatic heterocycles. The average Bonchev–Trinajstić information content (AvgIpc) is 2.31. The zero-order chi connectivity index (χ0) is 8.97. The summed E-state index contributed by atoms with van der Waals surface area (Å²) < 4.78 is 0. The summed E-state index contributed by atoms with van der Waals surface area (Å²) in [6.07, 6.45) is 3.45. The van der Waals surface area contributed by atoms with Gasteiger partial charge in [-0.3, -0.25) is 0 Å². The molecule has 2 heteroatoms. The maximum atomic E-state index is 5.43. The molecule has 0 amide bonds. The standard InChI is InChI=1S/C10H18N2/c1-8-7-9(2)12-10(8)5-3-4-6-11/h7,12H,3-6,11H2,1-2H3. The van der Waals surface area contributed by atoms with E-state index in [1.807, 2.05) is 0 Å². The summed E-state index contributed by atoms with van der Waals surface area (Å²) in [6.45, 7) is 5.06. The first-order valence-electron chi connectivity index (χ1n) is 4.59. The monoisotopic (exact) mass is 166 g/mol. The van der Waals surface area contributed by atoms with E-state index in [9.17, 15) is 0 Å². The highest BCUT2D eigenvalue weighted by Crippen LogP contribution is 2.11. The molecular formula is C10H18N2. The third kappa shape index (κ3) is 2.38. The quantitative estimate of drug-likeness (QED) is 0.659. The summed E-state index contributed by atoms with van der Waals surface area (Å²) >= 11 is 0. The van der Waals surface area contributed by atoms with Gasteiger partial charge in [-0.05, 0) is 51.3 Å². The second-order valence-electron chi connectivity index (χ2n) is 3.36. The topological polar surface area (TPSA) is 41.8 Å². The van der Waals surface area contributed by atoms with Gasteiger partial charge >= 0.3 is 0 Å². The third-order valence-electron chi connectivity index (χ3n) is 2.14. The summed E-state index contributed by atoms with van der Waals surface area (Å²) in [6, 6.07) is 2.19. The van der Waals surface area contributed by atoms with Crippen molar-refractivity contribution in [2.45, 2.75) is 33.1 Å². The Morgan fingerprint density at radius 2 is 2.08 bits per heavy atom. The van der Waals surface area contributed by atoms with Crippen LogP contribution in [0.5, 0.6) is 0 Å². The van der Waals surface area contributed by atoms with Crippen molar-refractivity contribution in [3.8, 4) is 0 Å². The number of hydrogen-bond acceptors (Lipinski definition) is 1. The molecule has 0 atom stereocenters. The van der Waals surface area contributed by atoms with Gasteiger partial charge in [-0.2, -0.15) is 0 Å². The zero-order valence-electron chi connectivity index (χ0n) is 7.98. The normalized spacial score (nSPS) is 10.6. The Kier molecular flexibility index (Phi) is 3.35. The Labute approximate surface area is 74.2 Å². The van der Waals surface area contributed by atoms with Gasteiger partial charge in [-0.1, -0.05) is 0 Å². The fraction of sp³-hybridized carbons (Fsp3) is 0.600. The van der Waals surface area contributed by atoms with Crippen LogP contribution in [0, 0.1) is 13.8 Å². The molecule has 0 bridgehead atoms. The van der Waals surface area contributed by atoms with Gasteiger partial charge in [0.25, 0.3) is 0 Å². The van der Waals surface area contributed by atoms with Crippen molar-refractivity contribution in [1.82, 2.24) is 4.98 Å². The molecule has 0 saturated heterocycles. The van der Waals surface area contributed by atoms with E-state index in [1.165, 1.54) is 23.4 Å². The van der Waals surface area contributed by atoms with Gasteiger partial charge in [0.2, 0.25) is 0 Å². The highest BCUT2D eigenvalue weighted by atomic mass is 14.7. The van der Waals surface area contributed by atoms with Crippen LogP contribution in [0.2, 0.25) is 0 Å². The molecule has 12 heavy (non-hydrogen) atoms. The number of H-pyrrole nitrogens is 1. The molecule has 1 aromatic heterocycles. The number of rotatable bonds is 4. The fourth-order valence-electron chi connectivity index (χ4n) is 1.49. The molecule has 1 heterocycles. The first kappa shape index (κ1) is 9.33. The number of aromatic amines is 1. The first-order chi connectivity index (χ1) is 5.74. The maximum Gasteiger partial charge on any atom is 0.0178 e. The summed E-state index contributed by atoms with van der Waals surface area (Å²) in [7, 11) is 0. The van der Waals surface area contributed by atoms with E-state index in [2.05, 4.69) is 24.9 Å². The fourth-order valence-corrected chi connectivity index (χ4v) is 1.49. The summed E-state index contributed by atoms with van der Waals surface area (Å²) in [4.78, 5) is 3.36. The van der Waals surface area contributed by atoms with Crippen molar-refractivity contribution in [1.29, 1.82) is 0 Å². The van der Waals surface area contributed by atoms with Gasteiger partial charge in [-0.15, -0.1) is 0 Å². The maximum absolute atomic E-state index is 5.43. The van der Waals surface area contributed by atoms with Crippen LogP contribution in [0.3, 0.4) is 0 Å². The van der Waals surface area contributed by atoms with E-state index in [4.69, 9.17) is 5.73 Å². The predicted octanol–water partition coefficient (Wildman–Crippen LogP) is 1.91. The average molecular weight is 166 g/mol. The number of nitrogens with two attached hydrogens (primary N) is 1. The zero-order valence-corrected chi connectivity index (χ0v) is 7.98. The molecule has 0 fully saturated rings. The van der Waals surface area contributed by atoms with E-state index in [1.54, 1.807) is 0 Å². The van der Waals surface area contributed by atoms with Gasteiger partial charge in [0.1, 0.15) is 0 Å². The van der Waals surface area contributed by atoms with E-state index in [0.717, 1.165) is 19.4 Å². The third-order valence-corrected chi connectivity index (χ3v) is 2.14. The van der Waals surface area contributed by atoms with Gasteiger partial charge < -0.3 is 10.7 Å². The Hall–Kier alpha value is -0.760. The Morgan fingerprint density at radius 1 is 1.33 bits per heavy atom. The molecule has 1 rings (SSSR count). The van der Waals surface area contributed by atoms with E-state index in [0.29, 0.717) is 0 Å². The van der Waals surface area contributed by atoms with Crippen LogP contribution in [0.4, 0.5) is 0 Å². The van der Waals surface area contributed by atoms with Crippen LogP contribution >= 0.6 is 0 Å². The van der Waals surface area contributed by atoms with Crippen molar-refractivity contribution < 1.29 is 0 Å². The largest absolute Gasteiger partial charge is 0.362 e. The van der Waals surface area contributed by atoms with Crippen molar-refractivity contribution in [3.63, 3.8) is 0 Å². The summed E-state index contributed by atoms with van der Waals surface area (Å²) in [5.41, 5.74) is 9.44. The van der Waals surface area contributed by atoms with Crippen LogP contribution in [0.25, 0.3) is 0 Å². The Bertz CT molecular complexity index is 238. The molecule has 3 N–H and O–H groups in total. The minimum atomic E-state index is 0.804. The summed E-state index contributed by atoms with van der Waals surface area (Å²) in [5, 5.41) is 0. The molecule has 0 aliphatic rings. The SMILES string of the molecule is Cc1cc(C)c(CCCCN)[nH]1. The molecular weight excluding hydrogens is 148 g/mol. The lowest BCUT2D eigenvalue weighted by Gasteiger charge is -1.98. The minimum Gasteiger partial charge on any atom is -0.362 e. The smallest absolute Gasteiger partial charge is 0.0178 e. The van der Waals surface area contributed by atoms with Crippen LogP contribution < -0.4 is 5.73 Å². The first-order valence-corrected chi connectivity index (χ1v) is 4.59. The molecule has 0 radical (unpaired) electrons. The van der Waals surface area contributed by atoms with E-state index >= 15 is 0 Å². The molecule has 68 valence electrons. The van der Waals surface area contributed by atoms with Gasteiger partial charge in [-0.25, -0.2) is 0 Å². The highest BCUT2D eigenvalue weighted by Gasteiger charge is 2.00. The van der Waals surface area contributed by atoms with Crippen molar-refractivity contribution >= 4 is 0 Å². The predicted molar refractivity (Wildman–Crippen MR) is 52.3 cm³/mol. The number of aromatic nitrogens is 1. The Balaban J connectivity index is 2.45. The lowest BCUT2D eigenvalue weighted by molar-refractivity contribution is 0.732. The van der Waals surface area contributed by atoms with Crippen LogP contribution in [-0.4, -0.2) is 11.5 Å². The van der Waals surface area contributed by atoms with Crippen LogP contribution in [-0.2, 0) is 6.42 Å². The molecule has 0 aromatic carbocycles. The van der Waals surface area contributed by atoms with Crippen molar-refractivity contribution in [2.24, 2.45) is 5.73 Å². The van der Waals surface area contributed by atoms with Crippen LogP contribution in [0.15, 0.2) is 6.07 Å². The van der Waals surface area contributed by atoms with Gasteiger partial charge in [0, 0.05) is 11.4 Å². The molecule has 0 spiro atoms. The van der Waals surface area contributed by atoms with Crippen molar-refractivity contribution in [3.05, 3.63) is 23.0 Å². The van der Waals surface area contributed by atoms with E-state index in [-0.39, 0.29) is 0 Å². The number of hydrogen-bond donors (Lipinski definition) is 2. The summed E-state index contributed by atoms with van der Waals surface area (Å²) in [5.74, 6) is 0. The molecule has 2 nitrogen and oxygen atoms in total. The lowest BCUT2D eigenvalue weighted by Crippen LogP contribution is -1.99. The molecule has 1 aromatic rings. The molecule has 0 aliphatic carbocycles. The van der Waals surface area contributed by atoms with Crippen molar-refractivity contribution in [2.75, 3.05) is 6.54 Å². The minimum absolute atomic E-state index is 0.804. The van der Waals surface area contributed by atoms with Gasteiger partial charge in [0.15, 0.2) is 0 Å². The van der Waals surface area contributed by atoms with Crippen LogP contribution in [0.1, 0.15) is 29.8 Å². The molecule has 0 unspecified atom stereocenters. The second-order valence-corrected chi connectivity index (χ2v) is 3.36.